The van der Waals surface area contributed by atoms with Crippen LogP contribution in [-0.4, -0.2) is 12.9 Å². The predicted molar refractivity (Wildman–Crippen MR) is 62.9 cm³/mol. The van der Waals surface area contributed by atoms with E-state index in [-0.39, 0.29) is 0 Å². The first-order valence-corrected chi connectivity index (χ1v) is 6.28. The van der Waals surface area contributed by atoms with Crippen LogP contribution in [0.2, 0.25) is 0 Å². The molecular weight excluding hydrogens is 190 g/mol. The summed E-state index contributed by atoms with van der Waals surface area (Å²) in [6.07, 6.45) is 5.30. The van der Waals surface area contributed by atoms with Crippen LogP contribution in [0.5, 0.6) is 0 Å². The SMILES string of the molecule is CNCSc1ccc2c(c1)CCCC2. The number of nitrogens with one attached hydrogen (secondary N) is 1. The van der Waals surface area contributed by atoms with E-state index in [9.17, 15) is 0 Å². The van der Waals surface area contributed by atoms with E-state index < -0.39 is 0 Å². The summed E-state index contributed by atoms with van der Waals surface area (Å²) in [6.45, 7) is 0. The van der Waals surface area contributed by atoms with Crippen LogP contribution in [0, 0.1) is 0 Å². The van der Waals surface area contributed by atoms with E-state index in [1.807, 2.05) is 18.8 Å². The maximum absolute atomic E-state index is 3.16. The lowest BCUT2D eigenvalue weighted by atomic mass is 9.92. The van der Waals surface area contributed by atoms with Gasteiger partial charge in [0.15, 0.2) is 0 Å². The van der Waals surface area contributed by atoms with Gasteiger partial charge in [0, 0.05) is 10.8 Å². The molecule has 0 unspecified atom stereocenters. The minimum Gasteiger partial charge on any atom is -0.311 e. The lowest BCUT2D eigenvalue weighted by molar-refractivity contribution is 0.683. The number of rotatable bonds is 3. The molecule has 2 heteroatoms. The van der Waals surface area contributed by atoms with Crippen LogP contribution in [0.25, 0.3) is 0 Å². The average molecular weight is 207 g/mol. The lowest BCUT2D eigenvalue weighted by Crippen LogP contribution is -2.04. The van der Waals surface area contributed by atoms with Crippen molar-refractivity contribution in [1.82, 2.24) is 5.32 Å². The zero-order valence-corrected chi connectivity index (χ0v) is 9.49. The fourth-order valence-electron chi connectivity index (χ4n) is 1.96. The van der Waals surface area contributed by atoms with E-state index in [1.165, 1.54) is 30.6 Å². The summed E-state index contributed by atoms with van der Waals surface area (Å²) < 4.78 is 0. The zero-order chi connectivity index (χ0) is 9.80. The van der Waals surface area contributed by atoms with Crippen LogP contribution in [0.3, 0.4) is 0 Å². The summed E-state index contributed by atoms with van der Waals surface area (Å²) in [5.41, 5.74) is 3.16. The molecule has 1 aliphatic rings. The normalized spacial score (nSPS) is 15.2. The molecule has 0 aliphatic heterocycles. The van der Waals surface area contributed by atoms with Crippen LogP contribution in [0.1, 0.15) is 24.0 Å². The number of hydrogen-bond donors (Lipinski definition) is 1. The first-order chi connectivity index (χ1) is 6.90. The van der Waals surface area contributed by atoms with Gasteiger partial charge in [0.2, 0.25) is 0 Å². The van der Waals surface area contributed by atoms with E-state index in [4.69, 9.17) is 0 Å². The van der Waals surface area contributed by atoms with Crippen LogP contribution in [0.15, 0.2) is 23.1 Å². The standard InChI is InChI=1S/C12H17NS/c1-13-9-14-12-7-6-10-4-2-3-5-11(10)8-12/h6-8,13H,2-5,9H2,1H3. The van der Waals surface area contributed by atoms with Crippen molar-refractivity contribution in [3.05, 3.63) is 29.3 Å². The third kappa shape index (κ3) is 2.31. The van der Waals surface area contributed by atoms with Crippen molar-refractivity contribution in [3.8, 4) is 0 Å². The Morgan fingerprint density at radius 1 is 1.21 bits per heavy atom. The van der Waals surface area contributed by atoms with Crippen LogP contribution in [-0.2, 0) is 12.8 Å². The highest BCUT2D eigenvalue weighted by atomic mass is 32.2. The summed E-state index contributed by atoms with van der Waals surface area (Å²) in [5.74, 6) is 0.999. The summed E-state index contributed by atoms with van der Waals surface area (Å²) >= 11 is 1.88. The molecule has 0 radical (unpaired) electrons. The van der Waals surface area contributed by atoms with E-state index >= 15 is 0 Å². The lowest BCUT2D eigenvalue weighted by Gasteiger charge is -2.16. The van der Waals surface area contributed by atoms with Gasteiger partial charge in [0.05, 0.1) is 0 Å². The Labute approximate surface area is 90.3 Å². The number of thioether (sulfide) groups is 1. The van der Waals surface area contributed by atoms with Gasteiger partial charge in [-0.05, 0) is 56.0 Å². The van der Waals surface area contributed by atoms with Gasteiger partial charge in [-0.25, -0.2) is 0 Å². The summed E-state index contributed by atoms with van der Waals surface area (Å²) in [7, 11) is 1.99. The fourth-order valence-corrected chi connectivity index (χ4v) is 2.66. The fraction of sp³-hybridized carbons (Fsp3) is 0.500. The highest BCUT2D eigenvalue weighted by Gasteiger charge is 2.09. The van der Waals surface area contributed by atoms with Gasteiger partial charge < -0.3 is 5.32 Å². The Bertz CT molecular complexity index is 309. The van der Waals surface area contributed by atoms with Gasteiger partial charge in [-0.1, -0.05) is 6.07 Å². The Balaban J connectivity index is 2.12. The van der Waals surface area contributed by atoms with E-state index in [2.05, 4.69) is 23.5 Å². The molecule has 0 saturated heterocycles. The molecule has 14 heavy (non-hydrogen) atoms. The van der Waals surface area contributed by atoms with Gasteiger partial charge in [-0.15, -0.1) is 11.8 Å². The Hall–Kier alpha value is -0.470. The molecule has 1 N–H and O–H groups in total. The number of hydrogen-bond acceptors (Lipinski definition) is 2. The molecule has 0 aromatic heterocycles. The Kier molecular flexibility index (Phi) is 3.49. The van der Waals surface area contributed by atoms with Crippen molar-refractivity contribution in [2.24, 2.45) is 0 Å². The van der Waals surface area contributed by atoms with Crippen LogP contribution >= 0.6 is 11.8 Å². The predicted octanol–water partition coefficient (Wildman–Crippen LogP) is 2.83. The van der Waals surface area contributed by atoms with Gasteiger partial charge in [0.1, 0.15) is 0 Å². The molecule has 1 aromatic rings. The van der Waals surface area contributed by atoms with E-state index in [0.29, 0.717) is 0 Å². The number of benzene rings is 1. The second-order valence-electron chi connectivity index (χ2n) is 3.78. The summed E-state index contributed by atoms with van der Waals surface area (Å²) in [5, 5.41) is 3.16. The average Bonchev–Trinajstić information content (AvgIpc) is 2.26. The van der Waals surface area contributed by atoms with Crippen LogP contribution in [0.4, 0.5) is 0 Å². The second kappa shape index (κ2) is 4.85. The highest BCUT2D eigenvalue weighted by Crippen LogP contribution is 2.26. The molecule has 0 amide bonds. The third-order valence-electron chi connectivity index (χ3n) is 2.70. The quantitative estimate of drug-likeness (QED) is 0.604. The third-order valence-corrected chi connectivity index (χ3v) is 3.72. The van der Waals surface area contributed by atoms with Crippen molar-refractivity contribution in [1.29, 1.82) is 0 Å². The molecule has 0 heterocycles. The minimum absolute atomic E-state index is 0.999. The van der Waals surface area contributed by atoms with Crippen molar-refractivity contribution < 1.29 is 0 Å². The Morgan fingerprint density at radius 3 is 2.79 bits per heavy atom. The van der Waals surface area contributed by atoms with Gasteiger partial charge >= 0.3 is 0 Å². The van der Waals surface area contributed by atoms with E-state index in [1.54, 1.807) is 11.1 Å². The first-order valence-electron chi connectivity index (χ1n) is 5.29. The van der Waals surface area contributed by atoms with Crippen molar-refractivity contribution in [2.45, 2.75) is 30.6 Å². The molecule has 0 spiro atoms. The molecule has 0 fully saturated rings. The smallest absolute Gasteiger partial charge is 0.0463 e. The molecule has 1 aromatic carbocycles. The van der Waals surface area contributed by atoms with Gasteiger partial charge in [-0.3, -0.25) is 0 Å². The van der Waals surface area contributed by atoms with E-state index in [0.717, 1.165) is 5.88 Å². The first kappa shape index (κ1) is 10.1. The molecule has 76 valence electrons. The van der Waals surface area contributed by atoms with Crippen LogP contribution < -0.4 is 5.32 Å². The van der Waals surface area contributed by atoms with Crippen molar-refractivity contribution in [3.63, 3.8) is 0 Å². The topological polar surface area (TPSA) is 12.0 Å². The summed E-state index contributed by atoms with van der Waals surface area (Å²) in [4.78, 5) is 1.40. The monoisotopic (exact) mass is 207 g/mol. The number of aryl methyl sites for hydroxylation is 2. The van der Waals surface area contributed by atoms with Gasteiger partial charge in [0.25, 0.3) is 0 Å². The van der Waals surface area contributed by atoms with Crippen molar-refractivity contribution >= 4 is 11.8 Å². The highest BCUT2D eigenvalue weighted by molar-refractivity contribution is 7.99. The maximum Gasteiger partial charge on any atom is 0.0463 e. The van der Waals surface area contributed by atoms with Gasteiger partial charge in [-0.2, -0.15) is 0 Å². The molecular formula is C12H17NS. The zero-order valence-electron chi connectivity index (χ0n) is 8.68. The largest absolute Gasteiger partial charge is 0.311 e. The molecule has 2 rings (SSSR count). The maximum atomic E-state index is 3.16. The molecule has 1 nitrogen and oxygen atoms in total. The Morgan fingerprint density at radius 2 is 2.00 bits per heavy atom. The molecule has 0 saturated carbocycles. The minimum atomic E-state index is 0.999. The molecule has 0 bridgehead atoms. The van der Waals surface area contributed by atoms with Crippen molar-refractivity contribution in [2.75, 3.05) is 12.9 Å². The molecule has 0 atom stereocenters. The summed E-state index contributed by atoms with van der Waals surface area (Å²) in [6, 6.07) is 6.94. The number of fused-ring (bicyclic) bond motifs is 1. The second-order valence-corrected chi connectivity index (χ2v) is 4.83. The molecule has 1 aliphatic carbocycles.